The van der Waals surface area contributed by atoms with Crippen molar-refractivity contribution in [3.63, 3.8) is 0 Å². The molecule has 0 spiro atoms. The van der Waals surface area contributed by atoms with E-state index in [1.54, 1.807) is 6.07 Å². The number of fused-ring (bicyclic) bond motifs is 2. The molecule has 2 aromatic heterocycles. The molecule has 1 aliphatic carbocycles. The van der Waals surface area contributed by atoms with Crippen LogP contribution in [0.4, 0.5) is 0 Å². The van der Waals surface area contributed by atoms with Crippen molar-refractivity contribution in [2.24, 2.45) is 5.92 Å². The van der Waals surface area contributed by atoms with Gasteiger partial charge in [-0.1, -0.05) is 19.1 Å². The summed E-state index contributed by atoms with van der Waals surface area (Å²) in [5, 5.41) is 19.7. The molecule has 0 saturated carbocycles. The number of carbonyl (C=O) groups excluding carboxylic acids is 1. The second-order valence-corrected chi connectivity index (χ2v) is 8.16. The minimum atomic E-state index is -0.486. The second-order valence-electron chi connectivity index (χ2n) is 7.02. The monoisotopic (exact) mass is 393 g/mol. The summed E-state index contributed by atoms with van der Waals surface area (Å²) < 4.78 is 5.24. The van der Waals surface area contributed by atoms with E-state index in [9.17, 15) is 15.2 Å². The Labute approximate surface area is 166 Å². The van der Waals surface area contributed by atoms with Crippen molar-refractivity contribution in [3.8, 4) is 6.07 Å². The number of hydrogen-bond acceptors (Lipinski definition) is 6. The van der Waals surface area contributed by atoms with Crippen molar-refractivity contribution < 1.29 is 14.6 Å². The lowest BCUT2D eigenvalue weighted by atomic mass is 9.90. The minimum Gasteiger partial charge on any atom is -0.507 e. The summed E-state index contributed by atoms with van der Waals surface area (Å²) in [6, 6.07) is 11.2. The molecule has 142 valence electrons. The predicted molar refractivity (Wildman–Crippen MR) is 107 cm³/mol. The number of aryl methyl sites for hydroxylation is 1. The molecule has 1 unspecified atom stereocenters. The molecule has 1 aliphatic rings. The van der Waals surface area contributed by atoms with Crippen LogP contribution >= 0.6 is 11.3 Å². The smallest absolute Gasteiger partial charge is 0.348 e. The number of para-hydroxylation sites is 2. The van der Waals surface area contributed by atoms with Crippen LogP contribution in [0.3, 0.4) is 0 Å². The summed E-state index contributed by atoms with van der Waals surface area (Å²) in [7, 11) is 0. The van der Waals surface area contributed by atoms with E-state index in [-0.39, 0.29) is 23.8 Å². The highest BCUT2D eigenvalue weighted by Crippen LogP contribution is 2.32. The van der Waals surface area contributed by atoms with Crippen LogP contribution in [0.1, 0.15) is 39.3 Å². The Morgan fingerprint density at radius 2 is 2.29 bits per heavy atom. The van der Waals surface area contributed by atoms with Crippen LogP contribution in [-0.2, 0) is 17.6 Å². The van der Waals surface area contributed by atoms with Gasteiger partial charge in [0.05, 0.1) is 11.0 Å². The van der Waals surface area contributed by atoms with Crippen molar-refractivity contribution in [2.45, 2.75) is 26.2 Å². The molecule has 6 nitrogen and oxygen atoms in total. The van der Waals surface area contributed by atoms with E-state index in [4.69, 9.17) is 4.74 Å². The molecule has 1 atom stereocenters. The molecule has 0 amide bonds. The fourth-order valence-electron chi connectivity index (χ4n) is 3.41. The summed E-state index contributed by atoms with van der Waals surface area (Å²) in [6.45, 7) is 1.83. The van der Waals surface area contributed by atoms with Crippen molar-refractivity contribution in [2.75, 3.05) is 6.61 Å². The third-order valence-electron chi connectivity index (χ3n) is 4.90. The number of hydrogen-bond donors (Lipinski definition) is 2. The van der Waals surface area contributed by atoms with Crippen LogP contribution in [0.2, 0.25) is 0 Å². The average molecular weight is 393 g/mol. The van der Waals surface area contributed by atoms with Crippen molar-refractivity contribution >= 4 is 33.9 Å². The molecular weight excluding hydrogens is 374 g/mol. The topological polar surface area (TPSA) is 99.0 Å². The van der Waals surface area contributed by atoms with Crippen LogP contribution in [0.5, 0.6) is 0 Å². The lowest BCUT2D eigenvalue weighted by molar-refractivity contribution is 0.0508. The van der Waals surface area contributed by atoms with E-state index >= 15 is 0 Å². The van der Waals surface area contributed by atoms with Gasteiger partial charge in [0.25, 0.3) is 0 Å². The fraction of sp³-hybridized carbons (Fsp3) is 0.286. The third-order valence-corrected chi connectivity index (χ3v) is 6.11. The predicted octanol–water partition coefficient (Wildman–Crippen LogP) is 4.40. The molecule has 0 radical (unpaired) electrons. The van der Waals surface area contributed by atoms with Gasteiger partial charge in [0, 0.05) is 4.88 Å². The molecule has 0 aliphatic heterocycles. The quantitative estimate of drug-likeness (QED) is 0.389. The maximum atomic E-state index is 12.4. The largest absolute Gasteiger partial charge is 0.507 e. The Kier molecular flexibility index (Phi) is 4.88. The summed E-state index contributed by atoms with van der Waals surface area (Å²) in [5.41, 5.74) is 2.63. The van der Waals surface area contributed by atoms with E-state index in [1.165, 1.54) is 21.8 Å². The van der Waals surface area contributed by atoms with Gasteiger partial charge in [0.1, 0.15) is 23.1 Å². The number of H-pyrrole nitrogens is 1. The van der Waals surface area contributed by atoms with Gasteiger partial charge in [-0.2, -0.15) is 5.26 Å². The number of esters is 1. The van der Waals surface area contributed by atoms with Crippen molar-refractivity contribution in [3.05, 3.63) is 57.2 Å². The lowest BCUT2D eigenvalue weighted by Gasteiger charge is -2.16. The average Bonchev–Trinajstić information content (AvgIpc) is 3.30. The Bertz CT molecular complexity index is 1090. The van der Waals surface area contributed by atoms with Gasteiger partial charge in [0.15, 0.2) is 11.6 Å². The number of carbonyl (C=O) groups is 1. The van der Waals surface area contributed by atoms with E-state index in [1.807, 2.05) is 30.3 Å². The number of benzene rings is 1. The van der Waals surface area contributed by atoms with Crippen molar-refractivity contribution in [1.29, 1.82) is 5.26 Å². The third kappa shape index (κ3) is 3.51. The molecule has 0 bridgehead atoms. The molecule has 1 aromatic carbocycles. The number of nitriles is 1. The summed E-state index contributed by atoms with van der Waals surface area (Å²) in [4.78, 5) is 21.5. The molecule has 2 heterocycles. The van der Waals surface area contributed by atoms with Crippen molar-refractivity contribution in [1.82, 2.24) is 9.97 Å². The Morgan fingerprint density at radius 3 is 3.07 bits per heavy atom. The number of aromatic nitrogens is 2. The molecule has 28 heavy (non-hydrogen) atoms. The highest BCUT2D eigenvalue weighted by molar-refractivity contribution is 7.14. The number of imidazole rings is 1. The number of ether oxygens (including phenoxy) is 1. The number of aromatic amines is 1. The van der Waals surface area contributed by atoms with Crippen LogP contribution in [0.25, 0.3) is 16.6 Å². The summed E-state index contributed by atoms with van der Waals surface area (Å²) in [5.74, 6) is 0.0584. The van der Waals surface area contributed by atoms with Crippen LogP contribution < -0.4 is 0 Å². The highest BCUT2D eigenvalue weighted by Gasteiger charge is 2.22. The van der Waals surface area contributed by atoms with Crippen LogP contribution in [-0.4, -0.2) is 27.7 Å². The summed E-state index contributed by atoms with van der Waals surface area (Å²) in [6.07, 6.45) is 3.10. The number of nitrogens with one attached hydrogen (secondary N) is 1. The minimum absolute atomic E-state index is 0.0386. The maximum absolute atomic E-state index is 12.4. The van der Waals surface area contributed by atoms with E-state index in [0.717, 1.165) is 24.8 Å². The number of rotatable bonds is 4. The molecular formula is C21H19N3O3S. The Balaban J connectivity index is 1.50. The SMILES string of the molecule is CC1CCc2sc(C(=O)OCC(O)=C(C#N)c3nc4ccccc4[nH]3)cc2C1. The normalized spacial score (nSPS) is 16.9. The molecule has 0 saturated heterocycles. The van der Waals surface area contributed by atoms with E-state index in [2.05, 4.69) is 16.9 Å². The first-order chi connectivity index (χ1) is 13.5. The first kappa shape index (κ1) is 18.3. The summed E-state index contributed by atoms with van der Waals surface area (Å²) >= 11 is 1.45. The second kappa shape index (κ2) is 7.49. The molecule has 2 N–H and O–H groups in total. The van der Waals surface area contributed by atoms with Gasteiger partial charge in [-0.25, -0.2) is 9.78 Å². The van der Waals surface area contributed by atoms with Crippen LogP contribution in [0.15, 0.2) is 36.1 Å². The number of aliphatic hydroxyl groups excluding tert-OH is 1. The zero-order valence-corrected chi connectivity index (χ0v) is 16.2. The van der Waals surface area contributed by atoms with Gasteiger partial charge < -0.3 is 14.8 Å². The maximum Gasteiger partial charge on any atom is 0.348 e. The molecule has 0 fully saturated rings. The van der Waals surface area contributed by atoms with E-state index < -0.39 is 5.97 Å². The standard InChI is InChI=1S/C21H19N3O3S/c1-12-6-7-18-13(8-12)9-19(28-18)21(26)27-11-17(25)14(10-22)20-23-15-4-2-3-5-16(15)24-20/h2-5,9,12,25H,6-8,11H2,1H3,(H,23,24). The van der Waals surface area contributed by atoms with Gasteiger partial charge in [-0.3, -0.25) is 0 Å². The number of thiophene rings is 1. The van der Waals surface area contributed by atoms with E-state index in [0.29, 0.717) is 16.3 Å². The number of aliphatic hydroxyl groups is 1. The Hall–Kier alpha value is -3.11. The highest BCUT2D eigenvalue weighted by atomic mass is 32.1. The zero-order valence-electron chi connectivity index (χ0n) is 15.4. The van der Waals surface area contributed by atoms with Crippen LogP contribution in [0, 0.1) is 17.2 Å². The molecule has 7 heteroatoms. The lowest BCUT2D eigenvalue weighted by Crippen LogP contribution is -2.08. The van der Waals surface area contributed by atoms with Gasteiger partial charge in [-0.15, -0.1) is 11.3 Å². The number of allylic oxidation sites excluding steroid dienone is 1. The van der Waals surface area contributed by atoms with Gasteiger partial charge in [-0.05, 0) is 48.9 Å². The zero-order chi connectivity index (χ0) is 19.7. The first-order valence-corrected chi connectivity index (χ1v) is 9.93. The fourth-order valence-corrected chi connectivity index (χ4v) is 4.51. The Morgan fingerprint density at radius 1 is 1.46 bits per heavy atom. The van der Waals surface area contributed by atoms with Gasteiger partial charge in [0.2, 0.25) is 0 Å². The molecule has 3 aromatic rings. The molecule has 4 rings (SSSR count). The number of nitrogens with zero attached hydrogens (tertiary/aromatic N) is 2. The first-order valence-electron chi connectivity index (χ1n) is 9.11. The van der Waals surface area contributed by atoms with Gasteiger partial charge >= 0.3 is 5.97 Å².